The van der Waals surface area contributed by atoms with Gasteiger partial charge in [-0.05, 0) is 59.3 Å². The predicted molar refractivity (Wildman–Crippen MR) is 164 cm³/mol. The molecule has 0 aromatic heterocycles. The van der Waals surface area contributed by atoms with Crippen LogP contribution in [0, 0.1) is 29.6 Å². The van der Waals surface area contributed by atoms with Gasteiger partial charge in [-0.25, -0.2) is 0 Å². The molecule has 2 aliphatic heterocycles. The Morgan fingerprint density at radius 3 is 1.88 bits per heavy atom. The van der Waals surface area contributed by atoms with Crippen molar-refractivity contribution < 1.29 is 48.6 Å². The Hall–Kier alpha value is -1.14. The van der Waals surface area contributed by atoms with E-state index in [4.69, 9.17) is 23.7 Å². The van der Waals surface area contributed by atoms with Crippen LogP contribution in [0.2, 0.25) is 0 Å². The van der Waals surface area contributed by atoms with Crippen LogP contribution >= 0.6 is 0 Å². The number of esters is 1. The van der Waals surface area contributed by atoms with Crippen molar-refractivity contribution in [2.45, 2.75) is 156 Å². The lowest BCUT2D eigenvalue weighted by Gasteiger charge is -2.47. The molecule has 2 heterocycles. The molecule has 2 rings (SSSR count). The van der Waals surface area contributed by atoms with Crippen LogP contribution in [0.5, 0.6) is 0 Å². The van der Waals surface area contributed by atoms with E-state index in [-0.39, 0.29) is 30.5 Å². The summed E-state index contributed by atoms with van der Waals surface area (Å²) in [7, 11) is 3.13. The largest absolute Gasteiger partial charge is 0.459 e. The predicted octanol–water partition coefficient (Wildman–Crippen LogP) is 4.29. The van der Waals surface area contributed by atoms with Crippen LogP contribution in [0.1, 0.15) is 102 Å². The number of hydrogen-bond acceptors (Lipinski definition) is 10. The summed E-state index contributed by atoms with van der Waals surface area (Å²) in [5.41, 5.74) is -3.58. The van der Waals surface area contributed by atoms with Gasteiger partial charge in [-0.3, -0.25) is 9.59 Å². The minimum atomic E-state index is -1.87. The van der Waals surface area contributed by atoms with Gasteiger partial charge >= 0.3 is 5.97 Å². The van der Waals surface area contributed by atoms with Gasteiger partial charge in [0.15, 0.2) is 6.29 Å². The van der Waals surface area contributed by atoms with Crippen molar-refractivity contribution in [3.05, 3.63) is 0 Å². The number of rotatable bonds is 5. The van der Waals surface area contributed by atoms with Gasteiger partial charge < -0.3 is 39.0 Å². The van der Waals surface area contributed by atoms with Crippen molar-refractivity contribution in [3.8, 4) is 0 Å². The van der Waals surface area contributed by atoms with Gasteiger partial charge in [-0.1, -0.05) is 48.5 Å². The van der Waals surface area contributed by atoms with Crippen molar-refractivity contribution >= 4 is 11.8 Å². The van der Waals surface area contributed by atoms with E-state index in [1.54, 1.807) is 41.7 Å². The number of Topliss-reactive ketones (excluding diaryl/α,β-unsaturated/α-hetero) is 1. The highest BCUT2D eigenvalue weighted by Crippen LogP contribution is 2.41. The summed E-state index contributed by atoms with van der Waals surface area (Å²) in [6.45, 7) is 21.7. The topological polar surface area (TPSA) is 141 Å². The molecule has 14 atom stereocenters. The third-order valence-electron chi connectivity index (χ3n) is 10.4. The Morgan fingerprint density at radius 1 is 0.860 bits per heavy atom. The lowest BCUT2D eigenvalue weighted by atomic mass is 9.70. The van der Waals surface area contributed by atoms with Crippen LogP contribution in [0.25, 0.3) is 0 Å². The third-order valence-corrected chi connectivity index (χ3v) is 10.4. The molecule has 0 aliphatic carbocycles. The van der Waals surface area contributed by atoms with Crippen LogP contribution in [-0.4, -0.2) is 94.9 Å². The number of ether oxygens (including phenoxy) is 5. The number of carbonyl (C=O) groups excluding carboxylic acids is 2. The van der Waals surface area contributed by atoms with Gasteiger partial charge in [0.25, 0.3) is 0 Å². The van der Waals surface area contributed by atoms with Crippen molar-refractivity contribution in [1.29, 1.82) is 0 Å². The number of aliphatic hydroxyl groups excluding tert-OH is 2. The summed E-state index contributed by atoms with van der Waals surface area (Å²) >= 11 is 0. The van der Waals surface area contributed by atoms with Gasteiger partial charge in [-0.15, -0.1) is 0 Å². The molecule has 2 aliphatic rings. The summed E-state index contributed by atoms with van der Waals surface area (Å²) in [6, 6.07) is 0. The molecule has 0 saturated carbocycles. The summed E-state index contributed by atoms with van der Waals surface area (Å²) in [5.74, 6) is -3.46. The van der Waals surface area contributed by atoms with Crippen LogP contribution in [-0.2, 0) is 33.3 Å². The molecule has 2 saturated heterocycles. The van der Waals surface area contributed by atoms with Gasteiger partial charge in [0.1, 0.15) is 23.6 Å². The average molecular weight is 619 g/mol. The average Bonchev–Trinajstić information content (AvgIpc) is 2.98. The number of hydrogen-bond donors (Lipinski definition) is 3. The van der Waals surface area contributed by atoms with Crippen LogP contribution in [0.15, 0.2) is 0 Å². The van der Waals surface area contributed by atoms with Crippen molar-refractivity contribution in [2.24, 2.45) is 29.6 Å². The minimum absolute atomic E-state index is 0.198. The fourth-order valence-electron chi connectivity index (χ4n) is 6.77. The zero-order valence-corrected chi connectivity index (χ0v) is 29.2. The lowest BCUT2D eigenvalue weighted by molar-refractivity contribution is -0.298. The summed E-state index contributed by atoms with van der Waals surface area (Å²) in [5, 5.41) is 33.3. The zero-order chi connectivity index (χ0) is 33.7. The van der Waals surface area contributed by atoms with Crippen molar-refractivity contribution in [3.63, 3.8) is 0 Å². The first-order valence-electron chi connectivity index (χ1n) is 16.0. The van der Waals surface area contributed by atoms with E-state index in [2.05, 4.69) is 0 Å². The van der Waals surface area contributed by atoms with E-state index in [1.807, 2.05) is 41.5 Å². The van der Waals surface area contributed by atoms with Gasteiger partial charge in [0, 0.05) is 32.5 Å². The normalized spacial score (nSPS) is 47.1. The second kappa shape index (κ2) is 15.9. The number of cyclic esters (lactones) is 1. The third kappa shape index (κ3) is 8.57. The number of aliphatic hydroxyl groups is 3. The second-order valence-electron chi connectivity index (χ2n) is 13.3. The maximum Gasteiger partial charge on any atom is 0.311 e. The summed E-state index contributed by atoms with van der Waals surface area (Å²) in [4.78, 5) is 27.2. The number of methoxy groups -OCH3 is 2. The molecule has 43 heavy (non-hydrogen) atoms. The Bertz CT molecular complexity index is 895. The quantitative estimate of drug-likeness (QED) is 0.382. The highest BCUT2D eigenvalue weighted by Gasteiger charge is 2.51. The second-order valence-corrected chi connectivity index (χ2v) is 13.3. The van der Waals surface area contributed by atoms with Crippen LogP contribution in [0.3, 0.4) is 0 Å². The smallest absolute Gasteiger partial charge is 0.311 e. The molecule has 0 bridgehead atoms. The van der Waals surface area contributed by atoms with Crippen molar-refractivity contribution in [2.75, 3.05) is 14.2 Å². The highest BCUT2D eigenvalue weighted by atomic mass is 16.7. The van der Waals surface area contributed by atoms with E-state index in [0.717, 1.165) is 0 Å². The Kier molecular flexibility index (Phi) is 14.8. The molecule has 0 spiro atoms. The molecule has 10 nitrogen and oxygen atoms in total. The van der Waals surface area contributed by atoms with Gasteiger partial charge in [-0.2, -0.15) is 0 Å². The Balaban J connectivity index is 0.00000452. The SMILES string of the molecule is CC.CC[C@H]1OC(=O)[C@H](C)[C@@H](O[C@H]2C[C@@](C)(OC)[C@@H](O)[C@H](C)O2)[C@H](C)[C@@H](C)[C@](C)(OC)C[C@@H](C)C(=O)[C@H](C)[C@@H](O)[C@]1(C)O. The molecule has 0 unspecified atom stereocenters. The number of ketones is 1. The maximum absolute atomic E-state index is 13.7. The molecule has 254 valence electrons. The molecule has 0 amide bonds. The van der Waals surface area contributed by atoms with E-state index in [9.17, 15) is 24.9 Å². The van der Waals surface area contributed by atoms with Crippen LogP contribution < -0.4 is 0 Å². The number of carbonyl (C=O) groups is 2. The van der Waals surface area contributed by atoms with Gasteiger partial charge in [0.2, 0.25) is 0 Å². The van der Waals surface area contributed by atoms with Crippen molar-refractivity contribution in [1.82, 2.24) is 0 Å². The monoisotopic (exact) mass is 618 g/mol. The molecular formula is C33H62O10. The summed E-state index contributed by atoms with van der Waals surface area (Å²) in [6.07, 6.45) is -4.64. The standard InChI is InChI=1S/C31H56O10.C2H6/c1-13-22-31(10,36)26(33)18(4)24(32)16(2)14-29(8,37-11)20(6)17(3)25(19(5)28(35)40-22)41-23-15-30(9,38-12)27(34)21(7)39-23;1-2/h16-23,25-27,33-34,36H,13-15H2,1-12H3;1-2H3/t16-,17-,18+,19-,20-,21+,22-,23+,25+,26-,27+,29-,30-,31-;/m1./s1. The van der Waals surface area contributed by atoms with E-state index in [1.165, 1.54) is 14.0 Å². The molecule has 0 radical (unpaired) electrons. The molecule has 0 aromatic rings. The van der Waals surface area contributed by atoms with E-state index in [0.29, 0.717) is 6.42 Å². The lowest BCUT2D eigenvalue weighted by Crippen LogP contribution is -2.58. The molecular weight excluding hydrogens is 556 g/mol. The van der Waals surface area contributed by atoms with E-state index >= 15 is 0 Å². The highest BCUT2D eigenvalue weighted by molar-refractivity contribution is 5.83. The first-order valence-corrected chi connectivity index (χ1v) is 16.0. The fourth-order valence-corrected chi connectivity index (χ4v) is 6.77. The van der Waals surface area contributed by atoms with Crippen LogP contribution in [0.4, 0.5) is 0 Å². The minimum Gasteiger partial charge on any atom is -0.459 e. The maximum atomic E-state index is 13.7. The fraction of sp³-hybridized carbons (Fsp3) is 0.939. The van der Waals surface area contributed by atoms with E-state index < -0.39 is 77.3 Å². The Labute approximate surface area is 260 Å². The zero-order valence-electron chi connectivity index (χ0n) is 29.2. The Morgan fingerprint density at radius 2 is 1.40 bits per heavy atom. The molecule has 10 heteroatoms. The molecule has 2 fully saturated rings. The first kappa shape index (κ1) is 39.9. The van der Waals surface area contributed by atoms with Gasteiger partial charge in [0.05, 0.1) is 35.4 Å². The molecule has 0 aromatic carbocycles. The molecule has 3 N–H and O–H groups in total. The summed E-state index contributed by atoms with van der Waals surface area (Å²) < 4.78 is 30.2. The first-order chi connectivity index (χ1) is 19.8.